The van der Waals surface area contributed by atoms with Crippen LogP contribution in [0.4, 0.5) is 0 Å². The van der Waals surface area contributed by atoms with Gasteiger partial charge in [-0.25, -0.2) is 4.99 Å². The summed E-state index contributed by atoms with van der Waals surface area (Å²) in [7, 11) is 3.56. The highest BCUT2D eigenvalue weighted by Crippen LogP contribution is 2.29. The number of guanidine groups is 1. The monoisotopic (exact) mass is 378 g/mol. The Bertz CT molecular complexity index is 511. The van der Waals surface area contributed by atoms with E-state index in [4.69, 9.17) is 0 Å². The van der Waals surface area contributed by atoms with Crippen molar-refractivity contribution >= 4 is 11.9 Å². The van der Waals surface area contributed by atoms with Crippen molar-refractivity contribution in [1.29, 1.82) is 0 Å². The van der Waals surface area contributed by atoms with Crippen molar-refractivity contribution in [1.82, 2.24) is 25.3 Å². The van der Waals surface area contributed by atoms with E-state index in [-0.39, 0.29) is 12.5 Å². The van der Waals surface area contributed by atoms with Crippen molar-refractivity contribution in [3.05, 3.63) is 0 Å². The maximum atomic E-state index is 12.0. The zero-order valence-corrected chi connectivity index (χ0v) is 17.4. The molecule has 3 rings (SSSR count). The topological polar surface area (TPSA) is 63.2 Å². The third kappa shape index (κ3) is 6.07. The Balaban J connectivity index is 1.52. The number of piperidine rings is 1. The van der Waals surface area contributed by atoms with Crippen LogP contribution in [0.3, 0.4) is 0 Å². The van der Waals surface area contributed by atoms with Crippen LogP contribution >= 0.6 is 0 Å². The lowest BCUT2D eigenvalue weighted by Gasteiger charge is -2.33. The van der Waals surface area contributed by atoms with E-state index >= 15 is 0 Å². The summed E-state index contributed by atoms with van der Waals surface area (Å²) in [5.41, 5.74) is 0. The molecular weight excluding hydrogens is 340 g/mol. The Morgan fingerprint density at radius 1 is 1.11 bits per heavy atom. The van der Waals surface area contributed by atoms with Gasteiger partial charge in [0.05, 0.1) is 0 Å². The Morgan fingerprint density at radius 3 is 2.48 bits per heavy atom. The lowest BCUT2D eigenvalue weighted by Crippen LogP contribution is -2.51. The van der Waals surface area contributed by atoms with Crippen molar-refractivity contribution in [3.8, 4) is 0 Å². The largest absolute Gasteiger partial charge is 0.355 e. The van der Waals surface area contributed by atoms with Gasteiger partial charge in [-0.05, 0) is 51.6 Å². The van der Waals surface area contributed by atoms with Crippen LogP contribution in [0.5, 0.6) is 0 Å². The molecular formula is C20H38N6O. The molecule has 2 heterocycles. The molecule has 1 saturated carbocycles. The minimum atomic E-state index is 0.0377. The maximum Gasteiger partial charge on any atom is 0.243 e. The summed E-state index contributed by atoms with van der Waals surface area (Å²) in [5, 5.41) is 7.14. The minimum Gasteiger partial charge on any atom is -0.355 e. The van der Waals surface area contributed by atoms with Crippen molar-refractivity contribution in [2.75, 3.05) is 53.4 Å². The van der Waals surface area contributed by atoms with Gasteiger partial charge in [-0.3, -0.25) is 9.69 Å². The molecule has 27 heavy (non-hydrogen) atoms. The van der Waals surface area contributed by atoms with Crippen molar-refractivity contribution in [2.45, 2.75) is 63.6 Å². The van der Waals surface area contributed by atoms with Crippen LogP contribution in [0.15, 0.2) is 4.99 Å². The lowest BCUT2D eigenvalue weighted by molar-refractivity contribution is -0.127. The lowest BCUT2D eigenvalue weighted by atomic mass is 10.1. The summed E-state index contributed by atoms with van der Waals surface area (Å²) in [5.74, 6) is 0.841. The van der Waals surface area contributed by atoms with E-state index in [0.29, 0.717) is 12.1 Å². The number of rotatable bonds is 7. The molecule has 0 spiro atoms. The first kappa shape index (κ1) is 20.4. The van der Waals surface area contributed by atoms with Crippen LogP contribution in [0, 0.1) is 0 Å². The van der Waals surface area contributed by atoms with Crippen LogP contribution < -0.4 is 10.6 Å². The molecule has 1 amide bonds. The minimum absolute atomic E-state index is 0.0377. The van der Waals surface area contributed by atoms with Crippen LogP contribution in [-0.2, 0) is 4.79 Å². The Labute approximate surface area is 164 Å². The van der Waals surface area contributed by atoms with Gasteiger partial charge in [0.2, 0.25) is 5.91 Å². The van der Waals surface area contributed by atoms with Gasteiger partial charge in [-0.15, -0.1) is 0 Å². The van der Waals surface area contributed by atoms with E-state index < -0.39 is 0 Å². The molecule has 0 aromatic heterocycles. The molecule has 0 aromatic carbocycles. The molecule has 154 valence electrons. The molecule has 0 radical (unpaired) electrons. The molecule has 1 unspecified atom stereocenters. The van der Waals surface area contributed by atoms with Gasteiger partial charge in [0.1, 0.15) is 6.54 Å². The second kappa shape index (κ2) is 9.73. The van der Waals surface area contributed by atoms with Gasteiger partial charge in [0.15, 0.2) is 5.96 Å². The van der Waals surface area contributed by atoms with Gasteiger partial charge >= 0.3 is 0 Å². The van der Waals surface area contributed by atoms with Gasteiger partial charge in [-0.2, -0.15) is 0 Å². The van der Waals surface area contributed by atoms with E-state index in [0.717, 1.165) is 37.9 Å². The quantitative estimate of drug-likeness (QED) is 0.505. The molecule has 2 saturated heterocycles. The van der Waals surface area contributed by atoms with Crippen molar-refractivity contribution in [2.24, 2.45) is 4.99 Å². The summed E-state index contributed by atoms with van der Waals surface area (Å²) in [6.07, 6.45) is 7.60. The summed E-state index contributed by atoms with van der Waals surface area (Å²) < 4.78 is 0. The summed E-state index contributed by atoms with van der Waals surface area (Å²) in [6.45, 7) is 7.99. The highest BCUT2D eigenvalue weighted by atomic mass is 16.2. The highest BCUT2D eigenvalue weighted by molar-refractivity contribution is 5.85. The van der Waals surface area contributed by atoms with E-state index in [1.165, 1.54) is 45.3 Å². The van der Waals surface area contributed by atoms with E-state index in [1.54, 1.807) is 19.0 Å². The van der Waals surface area contributed by atoms with Gasteiger partial charge < -0.3 is 20.4 Å². The zero-order valence-electron chi connectivity index (χ0n) is 17.4. The fourth-order valence-corrected chi connectivity index (χ4v) is 4.24. The van der Waals surface area contributed by atoms with Crippen molar-refractivity contribution in [3.63, 3.8) is 0 Å². The predicted molar refractivity (Wildman–Crippen MR) is 110 cm³/mol. The number of hydrogen-bond acceptors (Lipinski definition) is 4. The number of hydrogen-bond donors (Lipinski definition) is 2. The van der Waals surface area contributed by atoms with Gasteiger partial charge in [0, 0.05) is 51.9 Å². The number of nitrogens with zero attached hydrogens (tertiary/aromatic N) is 4. The number of aliphatic imine (C=N–C) groups is 1. The number of likely N-dealkylation sites (tertiary alicyclic amines) is 2. The number of carbonyl (C=O) groups excluding carboxylic acids is 1. The Kier molecular flexibility index (Phi) is 7.35. The molecule has 1 aliphatic carbocycles. The molecule has 0 bridgehead atoms. The third-order valence-electron chi connectivity index (χ3n) is 6.22. The van der Waals surface area contributed by atoms with E-state index in [2.05, 4.69) is 32.3 Å². The molecule has 3 aliphatic rings. The van der Waals surface area contributed by atoms with Gasteiger partial charge in [-0.1, -0.05) is 6.92 Å². The summed E-state index contributed by atoms with van der Waals surface area (Å²) >= 11 is 0. The van der Waals surface area contributed by atoms with Crippen LogP contribution in [0.2, 0.25) is 0 Å². The third-order valence-corrected chi connectivity index (χ3v) is 6.22. The SMILES string of the molecule is CCN1CCCC1CNC(=NCC(=O)N(C)C)NC1CCN(C2CC2)CC1. The molecule has 2 aliphatic heterocycles. The van der Waals surface area contributed by atoms with Crippen LogP contribution in [0.1, 0.15) is 45.4 Å². The standard InChI is InChI=1S/C20H38N6O/c1-4-25-11-5-6-18(25)14-21-20(22-15-19(27)24(2)3)23-16-9-12-26(13-10-16)17-7-8-17/h16-18H,4-15H2,1-3H3,(H2,21,22,23). The predicted octanol–water partition coefficient (Wildman–Crippen LogP) is 0.721. The number of nitrogens with one attached hydrogen (secondary N) is 2. The fourth-order valence-electron chi connectivity index (χ4n) is 4.24. The summed E-state index contributed by atoms with van der Waals surface area (Å²) in [4.78, 5) is 23.3. The maximum absolute atomic E-state index is 12.0. The molecule has 0 aromatic rings. The second-order valence-corrected chi connectivity index (χ2v) is 8.44. The zero-order chi connectivity index (χ0) is 19.2. The van der Waals surface area contributed by atoms with Crippen molar-refractivity contribution < 1.29 is 4.79 Å². The average molecular weight is 379 g/mol. The highest BCUT2D eigenvalue weighted by Gasteiger charge is 2.32. The molecule has 7 heteroatoms. The number of carbonyl (C=O) groups is 1. The first-order chi connectivity index (χ1) is 13.1. The van der Waals surface area contributed by atoms with Crippen LogP contribution in [0.25, 0.3) is 0 Å². The summed E-state index contributed by atoms with van der Waals surface area (Å²) in [6, 6.07) is 1.88. The first-order valence-corrected chi connectivity index (χ1v) is 10.8. The van der Waals surface area contributed by atoms with Gasteiger partial charge in [0.25, 0.3) is 0 Å². The molecule has 1 atom stereocenters. The first-order valence-electron chi connectivity index (χ1n) is 10.8. The smallest absolute Gasteiger partial charge is 0.243 e. The molecule has 2 N–H and O–H groups in total. The van der Waals surface area contributed by atoms with Crippen LogP contribution in [-0.4, -0.2) is 98.1 Å². The second-order valence-electron chi connectivity index (χ2n) is 8.44. The fraction of sp³-hybridized carbons (Fsp3) is 0.900. The van der Waals surface area contributed by atoms with E-state index in [9.17, 15) is 4.79 Å². The number of amides is 1. The Hall–Kier alpha value is -1.34. The average Bonchev–Trinajstić information content (AvgIpc) is 3.42. The molecule has 3 fully saturated rings. The molecule has 7 nitrogen and oxygen atoms in total. The Morgan fingerprint density at radius 2 is 1.85 bits per heavy atom. The van der Waals surface area contributed by atoms with E-state index in [1.807, 2.05) is 0 Å². The normalized spacial score (nSPS) is 25.6. The number of likely N-dealkylation sites (N-methyl/N-ethyl adjacent to an activating group) is 2.